The lowest BCUT2D eigenvalue weighted by molar-refractivity contribution is 0.233. The molecule has 0 aliphatic heterocycles. The molecule has 2 aromatic rings. The molecule has 0 saturated carbocycles. The van der Waals surface area contributed by atoms with E-state index >= 15 is 0 Å². The molecule has 2 N–H and O–H groups in total. The van der Waals surface area contributed by atoms with E-state index in [0.717, 1.165) is 11.1 Å². The third-order valence-corrected chi connectivity index (χ3v) is 4.18. The van der Waals surface area contributed by atoms with Crippen molar-refractivity contribution in [2.24, 2.45) is 0 Å². The molecule has 4 nitrogen and oxygen atoms in total. The molecule has 7 heteroatoms. The maximum absolute atomic E-state index is 13.8. The molecule has 0 aliphatic rings. The van der Waals surface area contributed by atoms with Crippen molar-refractivity contribution >= 4 is 17.4 Å². The Morgan fingerprint density at radius 2 is 2.14 bits per heavy atom. The molecule has 1 heterocycles. The molecular weight excluding hydrogens is 308 g/mol. The first kappa shape index (κ1) is 16.4. The average molecular weight is 325 g/mol. The van der Waals surface area contributed by atoms with Gasteiger partial charge in [-0.25, -0.2) is 18.6 Å². The van der Waals surface area contributed by atoms with Crippen LogP contribution in [0.15, 0.2) is 29.8 Å². The molecule has 0 unspecified atom stereocenters. The Hall–Kier alpha value is -2.02. The van der Waals surface area contributed by atoms with E-state index in [1.165, 1.54) is 23.5 Å². The van der Waals surface area contributed by atoms with Gasteiger partial charge in [0.15, 0.2) is 0 Å². The topological polar surface area (TPSA) is 54.0 Å². The number of halogens is 2. The Kier molecular flexibility index (Phi) is 5.43. The zero-order valence-corrected chi connectivity index (χ0v) is 13.1. The first-order valence-electron chi connectivity index (χ1n) is 6.92. The molecule has 2 atom stereocenters. The van der Waals surface area contributed by atoms with Gasteiger partial charge in [-0.2, -0.15) is 0 Å². The highest BCUT2D eigenvalue weighted by Crippen LogP contribution is 2.21. The SMILES string of the molecule is CC[C@H](NC(=O)N[C@@H](C)c1nccs1)c1ccc(F)cc1F. The van der Waals surface area contributed by atoms with Crippen molar-refractivity contribution in [3.05, 3.63) is 52.0 Å². The van der Waals surface area contributed by atoms with Crippen LogP contribution in [0.3, 0.4) is 0 Å². The van der Waals surface area contributed by atoms with Crippen LogP contribution in [0.2, 0.25) is 0 Å². The van der Waals surface area contributed by atoms with E-state index in [1.54, 1.807) is 6.20 Å². The minimum Gasteiger partial charge on any atom is -0.331 e. The van der Waals surface area contributed by atoms with Crippen LogP contribution in [0.1, 0.15) is 42.9 Å². The fourth-order valence-electron chi connectivity index (χ4n) is 2.09. The minimum atomic E-state index is -0.667. The number of aromatic nitrogens is 1. The van der Waals surface area contributed by atoms with Crippen molar-refractivity contribution in [1.29, 1.82) is 0 Å². The molecule has 0 saturated heterocycles. The number of hydrogen-bond acceptors (Lipinski definition) is 3. The van der Waals surface area contributed by atoms with E-state index < -0.39 is 23.7 Å². The number of rotatable bonds is 5. The lowest BCUT2D eigenvalue weighted by atomic mass is 10.0. The number of benzene rings is 1. The summed E-state index contributed by atoms with van der Waals surface area (Å²) in [6, 6.07) is 2.16. The van der Waals surface area contributed by atoms with Gasteiger partial charge < -0.3 is 10.6 Å². The fraction of sp³-hybridized carbons (Fsp3) is 0.333. The molecule has 1 aromatic heterocycles. The molecule has 2 rings (SSSR count). The monoisotopic (exact) mass is 325 g/mol. The van der Waals surface area contributed by atoms with Crippen LogP contribution < -0.4 is 10.6 Å². The number of amides is 2. The van der Waals surface area contributed by atoms with Crippen LogP contribution in [-0.4, -0.2) is 11.0 Å². The summed E-state index contributed by atoms with van der Waals surface area (Å²) in [6.45, 7) is 3.63. The number of hydrogen-bond donors (Lipinski definition) is 2. The predicted molar refractivity (Wildman–Crippen MR) is 81.6 cm³/mol. The Morgan fingerprint density at radius 3 is 2.73 bits per heavy atom. The number of nitrogens with one attached hydrogen (secondary N) is 2. The van der Waals surface area contributed by atoms with Gasteiger partial charge in [0.2, 0.25) is 0 Å². The third-order valence-electron chi connectivity index (χ3n) is 3.22. The normalized spacial score (nSPS) is 13.5. The first-order chi connectivity index (χ1) is 10.5. The highest BCUT2D eigenvalue weighted by Gasteiger charge is 2.18. The van der Waals surface area contributed by atoms with Gasteiger partial charge in [0.1, 0.15) is 16.6 Å². The summed E-state index contributed by atoms with van der Waals surface area (Å²) in [7, 11) is 0. The highest BCUT2D eigenvalue weighted by atomic mass is 32.1. The highest BCUT2D eigenvalue weighted by molar-refractivity contribution is 7.09. The van der Waals surface area contributed by atoms with Gasteiger partial charge in [-0.1, -0.05) is 13.0 Å². The molecular formula is C15H17F2N3OS. The van der Waals surface area contributed by atoms with Crippen molar-refractivity contribution < 1.29 is 13.6 Å². The van der Waals surface area contributed by atoms with E-state index in [0.29, 0.717) is 6.42 Å². The third kappa shape index (κ3) is 4.00. The van der Waals surface area contributed by atoms with Crippen LogP contribution in [0.4, 0.5) is 13.6 Å². The summed E-state index contributed by atoms with van der Waals surface area (Å²) in [5.74, 6) is -1.31. The summed E-state index contributed by atoms with van der Waals surface area (Å²) in [5.41, 5.74) is 0.265. The molecule has 0 fully saturated rings. The van der Waals surface area contributed by atoms with Crippen molar-refractivity contribution in [2.75, 3.05) is 0 Å². The summed E-state index contributed by atoms with van der Waals surface area (Å²) >= 11 is 1.44. The molecule has 0 radical (unpaired) electrons. The summed E-state index contributed by atoms with van der Waals surface area (Å²) < 4.78 is 26.8. The zero-order valence-electron chi connectivity index (χ0n) is 12.3. The summed E-state index contributed by atoms with van der Waals surface area (Å²) in [6.07, 6.45) is 2.15. The van der Waals surface area contributed by atoms with E-state index in [2.05, 4.69) is 15.6 Å². The second-order valence-corrected chi connectivity index (χ2v) is 5.76. The van der Waals surface area contributed by atoms with Crippen LogP contribution >= 0.6 is 11.3 Å². The van der Waals surface area contributed by atoms with Gasteiger partial charge in [0.05, 0.1) is 12.1 Å². The lowest BCUT2D eigenvalue weighted by Gasteiger charge is -2.20. The second kappa shape index (κ2) is 7.31. The summed E-state index contributed by atoms with van der Waals surface area (Å²) in [4.78, 5) is 16.2. The van der Waals surface area contributed by atoms with Crippen LogP contribution in [0.5, 0.6) is 0 Å². The van der Waals surface area contributed by atoms with Crippen LogP contribution in [0.25, 0.3) is 0 Å². The standard InChI is InChI=1S/C15H17F2N3OS/c1-3-13(11-5-4-10(16)8-12(11)17)20-15(21)19-9(2)14-18-6-7-22-14/h4-9,13H,3H2,1-2H3,(H2,19,20,21)/t9-,13-/m0/s1. The molecule has 2 amide bonds. The lowest BCUT2D eigenvalue weighted by Crippen LogP contribution is -2.39. The predicted octanol–water partition coefficient (Wildman–Crippen LogP) is 3.93. The molecule has 22 heavy (non-hydrogen) atoms. The Labute approximate surface area is 131 Å². The van der Waals surface area contributed by atoms with Crippen LogP contribution in [-0.2, 0) is 0 Å². The van der Waals surface area contributed by atoms with E-state index in [9.17, 15) is 13.6 Å². The van der Waals surface area contributed by atoms with Crippen LogP contribution in [0, 0.1) is 11.6 Å². The molecule has 0 spiro atoms. The minimum absolute atomic E-state index is 0.240. The van der Waals surface area contributed by atoms with Crippen molar-refractivity contribution in [3.63, 3.8) is 0 Å². The van der Waals surface area contributed by atoms with Crippen molar-refractivity contribution in [3.8, 4) is 0 Å². The number of carbonyl (C=O) groups excluding carboxylic acids is 1. The largest absolute Gasteiger partial charge is 0.331 e. The Morgan fingerprint density at radius 1 is 1.36 bits per heavy atom. The molecule has 1 aromatic carbocycles. The molecule has 0 bridgehead atoms. The average Bonchev–Trinajstić information content (AvgIpc) is 2.99. The summed E-state index contributed by atoms with van der Waals surface area (Å²) in [5, 5.41) is 8.07. The number of nitrogens with zero attached hydrogens (tertiary/aromatic N) is 1. The Bertz CT molecular complexity index is 634. The maximum Gasteiger partial charge on any atom is 0.315 e. The Balaban J connectivity index is 2.02. The smallest absolute Gasteiger partial charge is 0.315 e. The van der Waals surface area contributed by atoms with E-state index in [4.69, 9.17) is 0 Å². The van der Waals surface area contributed by atoms with Gasteiger partial charge in [-0.15, -0.1) is 11.3 Å². The number of carbonyl (C=O) groups is 1. The van der Waals surface area contributed by atoms with Gasteiger partial charge in [-0.05, 0) is 19.4 Å². The number of urea groups is 1. The van der Waals surface area contributed by atoms with Crippen molar-refractivity contribution in [2.45, 2.75) is 32.4 Å². The number of thiazole rings is 1. The molecule has 0 aliphatic carbocycles. The first-order valence-corrected chi connectivity index (χ1v) is 7.80. The molecule has 118 valence electrons. The van der Waals surface area contributed by atoms with E-state index in [-0.39, 0.29) is 11.6 Å². The van der Waals surface area contributed by atoms with Gasteiger partial charge in [-0.3, -0.25) is 0 Å². The quantitative estimate of drug-likeness (QED) is 0.875. The van der Waals surface area contributed by atoms with Gasteiger partial charge in [0, 0.05) is 23.2 Å². The zero-order chi connectivity index (χ0) is 16.1. The second-order valence-electron chi connectivity index (χ2n) is 4.84. The fourth-order valence-corrected chi connectivity index (χ4v) is 2.74. The van der Waals surface area contributed by atoms with Gasteiger partial charge in [0.25, 0.3) is 0 Å². The van der Waals surface area contributed by atoms with Gasteiger partial charge >= 0.3 is 6.03 Å². The van der Waals surface area contributed by atoms with E-state index in [1.807, 2.05) is 19.2 Å². The maximum atomic E-state index is 13.8. The van der Waals surface area contributed by atoms with Crippen molar-refractivity contribution in [1.82, 2.24) is 15.6 Å².